The Hall–Kier alpha value is -3.06. The van der Waals surface area contributed by atoms with E-state index in [1.165, 1.54) is 25.8 Å². The number of nitrogens with zero attached hydrogens (tertiary/aromatic N) is 2. The van der Waals surface area contributed by atoms with E-state index in [4.69, 9.17) is 11.6 Å². The van der Waals surface area contributed by atoms with Gasteiger partial charge in [-0.15, -0.1) is 0 Å². The van der Waals surface area contributed by atoms with Crippen molar-refractivity contribution < 1.29 is 22.8 Å². The van der Waals surface area contributed by atoms with Crippen LogP contribution in [-0.2, 0) is 17.5 Å². The van der Waals surface area contributed by atoms with Gasteiger partial charge in [-0.25, -0.2) is 0 Å². The standard InChI is InChI=1S/C26H26ClF3N2O2/c1-17(33)8-7-15-31(3)25(34)23-22(20-11-13-21(27)14-12-20)18(2)24(26(28,29)30)32(23)16-19-9-5-4-6-10-19/h4-6,9-14H,7-8,15-16H2,1-3H3. The number of hydrogen-bond donors (Lipinski definition) is 0. The Morgan fingerprint density at radius 1 is 1.03 bits per heavy atom. The van der Waals surface area contributed by atoms with Crippen molar-refractivity contribution in [3.8, 4) is 11.1 Å². The highest BCUT2D eigenvalue weighted by Crippen LogP contribution is 2.42. The lowest BCUT2D eigenvalue weighted by molar-refractivity contribution is -0.143. The molecule has 0 bridgehead atoms. The Morgan fingerprint density at radius 2 is 1.65 bits per heavy atom. The van der Waals surface area contributed by atoms with Gasteiger partial charge in [-0.2, -0.15) is 13.2 Å². The summed E-state index contributed by atoms with van der Waals surface area (Å²) in [4.78, 5) is 26.3. The molecule has 3 rings (SSSR count). The van der Waals surface area contributed by atoms with Crippen molar-refractivity contribution in [2.24, 2.45) is 0 Å². The lowest BCUT2D eigenvalue weighted by Crippen LogP contribution is -2.31. The predicted molar refractivity (Wildman–Crippen MR) is 127 cm³/mol. The molecule has 0 fully saturated rings. The van der Waals surface area contributed by atoms with E-state index in [0.717, 1.165) is 4.57 Å². The van der Waals surface area contributed by atoms with E-state index in [1.54, 1.807) is 54.6 Å². The SMILES string of the molecule is CC(=O)CCCN(C)C(=O)c1c(-c2ccc(Cl)cc2)c(C)c(C(F)(F)F)n1Cc1ccccc1. The molecule has 0 radical (unpaired) electrons. The fourth-order valence-corrected chi connectivity index (χ4v) is 4.20. The molecule has 0 aliphatic heterocycles. The van der Waals surface area contributed by atoms with Crippen molar-refractivity contribution >= 4 is 23.3 Å². The van der Waals surface area contributed by atoms with E-state index in [9.17, 15) is 22.8 Å². The van der Waals surface area contributed by atoms with Crippen LogP contribution in [0.2, 0.25) is 5.02 Å². The van der Waals surface area contributed by atoms with Crippen LogP contribution < -0.4 is 0 Å². The first-order valence-corrected chi connectivity index (χ1v) is 11.2. The van der Waals surface area contributed by atoms with Gasteiger partial charge in [-0.05, 0) is 49.1 Å². The molecular formula is C26H26ClF3N2O2. The van der Waals surface area contributed by atoms with Gasteiger partial charge in [0.1, 0.15) is 17.2 Å². The van der Waals surface area contributed by atoms with Crippen LogP contribution in [0.4, 0.5) is 13.2 Å². The van der Waals surface area contributed by atoms with E-state index in [-0.39, 0.29) is 35.7 Å². The van der Waals surface area contributed by atoms with Gasteiger partial charge in [-0.3, -0.25) is 4.79 Å². The average molecular weight is 491 g/mol. The molecule has 0 N–H and O–H groups in total. The number of amides is 1. The summed E-state index contributed by atoms with van der Waals surface area (Å²) in [5, 5.41) is 0.440. The molecule has 1 heterocycles. The summed E-state index contributed by atoms with van der Waals surface area (Å²) in [6.07, 6.45) is -3.95. The summed E-state index contributed by atoms with van der Waals surface area (Å²) in [7, 11) is 1.54. The quantitative estimate of drug-likeness (QED) is 0.356. The molecule has 0 saturated carbocycles. The van der Waals surface area contributed by atoms with Crippen molar-refractivity contribution in [2.45, 2.75) is 39.4 Å². The maximum absolute atomic E-state index is 14.3. The normalized spacial score (nSPS) is 11.5. The molecule has 1 aromatic heterocycles. The molecular weight excluding hydrogens is 465 g/mol. The third kappa shape index (κ3) is 5.70. The molecule has 180 valence electrons. The zero-order chi connectivity index (χ0) is 25.0. The highest BCUT2D eigenvalue weighted by Gasteiger charge is 2.41. The van der Waals surface area contributed by atoms with Crippen molar-refractivity contribution in [1.29, 1.82) is 0 Å². The topological polar surface area (TPSA) is 42.3 Å². The maximum Gasteiger partial charge on any atom is 0.431 e. The largest absolute Gasteiger partial charge is 0.431 e. The van der Waals surface area contributed by atoms with Gasteiger partial charge in [0, 0.05) is 37.1 Å². The number of ketones is 1. The monoisotopic (exact) mass is 490 g/mol. The van der Waals surface area contributed by atoms with Gasteiger partial charge in [-0.1, -0.05) is 54.1 Å². The molecule has 0 saturated heterocycles. The second kappa shape index (κ2) is 10.5. The third-order valence-corrected chi connectivity index (χ3v) is 5.92. The van der Waals surface area contributed by atoms with Crippen LogP contribution in [0.15, 0.2) is 54.6 Å². The van der Waals surface area contributed by atoms with Crippen LogP contribution in [0.3, 0.4) is 0 Å². The van der Waals surface area contributed by atoms with E-state index in [0.29, 0.717) is 29.0 Å². The van der Waals surface area contributed by atoms with Crippen LogP contribution in [0.1, 0.15) is 47.1 Å². The number of halogens is 4. The molecule has 0 unspecified atom stereocenters. The van der Waals surface area contributed by atoms with Crippen LogP contribution in [0, 0.1) is 6.92 Å². The van der Waals surface area contributed by atoms with Crippen molar-refractivity contribution in [1.82, 2.24) is 9.47 Å². The second-order valence-electron chi connectivity index (χ2n) is 8.31. The van der Waals surface area contributed by atoms with Crippen molar-refractivity contribution in [3.05, 3.63) is 82.1 Å². The minimum Gasteiger partial charge on any atom is -0.340 e. The number of hydrogen-bond acceptors (Lipinski definition) is 2. The zero-order valence-electron chi connectivity index (χ0n) is 19.2. The molecule has 0 aliphatic carbocycles. The first kappa shape index (κ1) is 25.6. The fraction of sp³-hybridized carbons (Fsp3) is 0.308. The molecule has 0 aliphatic rings. The molecule has 34 heavy (non-hydrogen) atoms. The molecule has 0 atom stereocenters. The number of rotatable bonds is 8. The van der Waals surface area contributed by atoms with Crippen LogP contribution in [0.25, 0.3) is 11.1 Å². The first-order valence-electron chi connectivity index (χ1n) is 10.9. The van der Waals surface area contributed by atoms with Crippen LogP contribution in [-0.4, -0.2) is 34.7 Å². The molecule has 1 amide bonds. The highest BCUT2D eigenvalue weighted by atomic mass is 35.5. The van der Waals surface area contributed by atoms with Gasteiger partial charge < -0.3 is 14.3 Å². The van der Waals surface area contributed by atoms with Crippen LogP contribution in [0.5, 0.6) is 0 Å². The molecule has 2 aromatic carbocycles. The Kier molecular flexibility index (Phi) is 7.87. The number of alkyl halides is 3. The Morgan fingerprint density at radius 3 is 2.21 bits per heavy atom. The Bertz CT molecular complexity index is 1170. The molecule has 3 aromatic rings. The van der Waals surface area contributed by atoms with E-state index < -0.39 is 17.8 Å². The fourth-order valence-electron chi connectivity index (χ4n) is 4.07. The molecule has 4 nitrogen and oxygen atoms in total. The Labute approximate surface area is 201 Å². The zero-order valence-corrected chi connectivity index (χ0v) is 20.0. The van der Waals surface area contributed by atoms with Crippen LogP contribution >= 0.6 is 11.6 Å². The number of carbonyl (C=O) groups excluding carboxylic acids is 2. The average Bonchev–Trinajstić information content (AvgIpc) is 3.06. The van der Waals surface area contributed by atoms with Crippen molar-refractivity contribution in [2.75, 3.05) is 13.6 Å². The number of aromatic nitrogens is 1. The summed E-state index contributed by atoms with van der Waals surface area (Å²) in [6, 6.07) is 15.1. The van der Waals surface area contributed by atoms with E-state index in [2.05, 4.69) is 0 Å². The molecule has 0 spiro atoms. The minimum atomic E-state index is -4.67. The number of benzene rings is 2. The molecule has 8 heteroatoms. The van der Waals surface area contributed by atoms with E-state index in [1.807, 2.05) is 0 Å². The lowest BCUT2D eigenvalue weighted by Gasteiger charge is -2.21. The summed E-state index contributed by atoms with van der Waals surface area (Å²) in [5.41, 5.74) is 0.413. The first-order chi connectivity index (χ1) is 16.0. The van der Waals surface area contributed by atoms with Gasteiger partial charge >= 0.3 is 6.18 Å². The van der Waals surface area contributed by atoms with Gasteiger partial charge in [0.15, 0.2) is 0 Å². The third-order valence-electron chi connectivity index (χ3n) is 5.66. The smallest absolute Gasteiger partial charge is 0.340 e. The predicted octanol–water partition coefficient (Wildman–Crippen LogP) is 6.63. The summed E-state index contributed by atoms with van der Waals surface area (Å²) >= 11 is 6.00. The van der Waals surface area contributed by atoms with E-state index >= 15 is 0 Å². The number of Topliss-reactive ketones (excluding diaryl/α,β-unsaturated/α-hetero) is 1. The number of carbonyl (C=O) groups is 2. The summed E-state index contributed by atoms with van der Waals surface area (Å²) in [5.74, 6) is -0.548. The summed E-state index contributed by atoms with van der Waals surface area (Å²) < 4.78 is 44.1. The van der Waals surface area contributed by atoms with Gasteiger partial charge in [0.05, 0.1) is 0 Å². The Balaban J connectivity index is 2.22. The van der Waals surface area contributed by atoms with Crippen molar-refractivity contribution in [3.63, 3.8) is 0 Å². The summed E-state index contributed by atoms with van der Waals surface area (Å²) in [6.45, 7) is 2.98. The highest BCUT2D eigenvalue weighted by molar-refractivity contribution is 6.30. The van der Waals surface area contributed by atoms with Gasteiger partial charge in [0.25, 0.3) is 5.91 Å². The minimum absolute atomic E-state index is 0.00893. The maximum atomic E-state index is 14.3. The van der Waals surface area contributed by atoms with Gasteiger partial charge in [0.2, 0.25) is 0 Å². The second-order valence-corrected chi connectivity index (χ2v) is 8.74. The lowest BCUT2D eigenvalue weighted by atomic mass is 10.00.